The van der Waals surface area contributed by atoms with E-state index in [2.05, 4.69) is 5.32 Å². The molecule has 0 unspecified atom stereocenters. The Bertz CT molecular complexity index is 926. The summed E-state index contributed by atoms with van der Waals surface area (Å²) in [4.78, 5) is 12.7. The monoisotopic (exact) mass is 395 g/mol. The van der Waals surface area contributed by atoms with Gasteiger partial charge in [0.1, 0.15) is 18.1 Å². The molecule has 4 nitrogen and oxygen atoms in total. The summed E-state index contributed by atoms with van der Waals surface area (Å²) in [5.41, 5.74) is 2.39. The van der Waals surface area contributed by atoms with E-state index in [-0.39, 0.29) is 18.6 Å². The van der Waals surface area contributed by atoms with Gasteiger partial charge in [-0.15, -0.1) is 0 Å². The van der Waals surface area contributed by atoms with Crippen molar-refractivity contribution in [3.63, 3.8) is 0 Å². The van der Waals surface area contributed by atoms with Crippen molar-refractivity contribution in [1.82, 2.24) is 5.32 Å². The summed E-state index contributed by atoms with van der Waals surface area (Å²) in [5, 5.41) is 3.67. The minimum absolute atomic E-state index is 0.0930. The second-order valence-corrected chi connectivity index (χ2v) is 6.81. The number of carbonyl (C=O) groups excluding carboxylic acids is 1. The van der Waals surface area contributed by atoms with E-state index in [0.717, 1.165) is 11.1 Å². The van der Waals surface area contributed by atoms with Gasteiger partial charge in [-0.1, -0.05) is 41.9 Å². The van der Waals surface area contributed by atoms with E-state index in [9.17, 15) is 4.79 Å². The topological polar surface area (TPSA) is 47.6 Å². The molecule has 0 saturated carbocycles. The average molecular weight is 396 g/mol. The van der Waals surface area contributed by atoms with Crippen molar-refractivity contribution < 1.29 is 14.3 Å². The van der Waals surface area contributed by atoms with Crippen molar-refractivity contribution in [3.8, 4) is 11.5 Å². The maximum Gasteiger partial charge on any atom is 0.251 e. The first-order valence-corrected chi connectivity index (χ1v) is 9.35. The molecule has 144 valence electrons. The zero-order valence-electron chi connectivity index (χ0n) is 15.8. The van der Waals surface area contributed by atoms with Gasteiger partial charge in [-0.2, -0.15) is 0 Å². The van der Waals surface area contributed by atoms with Crippen LogP contribution < -0.4 is 14.8 Å². The van der Waals surface area contributed by atoms with Crippen molar-refractivity contribution >= 4 is 17.5 Å². The third-order valence-corrected chi connectivity index (χ3v) is 4.65. The molecule has 0 fully saturated rings. The molecule has 1 amide bonds. The summed E-state index contributed by atoms with van der Waals surface area (Å²) >= 11 is 5.90. The maximum absolute atomic E-state index is 12.7. The molecule has 3 aromatic carbocycles. The predicted molar refractivity (Wildman–Crippen MR) is 111 cm³/mol. The highest BCUT2D eigenvalue weighted by atomic mass is 35.5. The Morgan fingerprint density at radius 3 is 2.43 bits per heavy atom. The van der Waals surface area contributed by atoms with Crippen LogP contribution in [0, 0.1) is 0 Å². The Kier molecular flexibility index (Phi) is 6.56. The minimum Gasteiger partial charge on any atom is -0.496 e. The molecule has 0 bridgehead atoms. The lowest BCUT2D eigenvalue weighted by molar-refractivity contribution is 0.0939. The zero-order chi connectivity index (χ0) is 19.9. The fraction of sp³-hybridized carbons (Fsp3) is 0.174. The number of hydrogen-bond donors (Lipinski definition) is 1. The van der Waals surface area contributed by atoms with E-state index in [1.165, 1.54) is 0 Å². The maximum atomic E-state index is 12.7. The van der Waals surface area contributed by atoms with Gasteiger partial charge in [0.2, 0.25) is 0 Å². The third-order valence-electron chi connectivity index (χ3n) is 4.40. The fourth-order valence-electron chi connectivity index (χ4n) is 2.83. The lowest BCUT2D eigenvalue weighted by Crippen LogP contribution is -2.26. The van der Waals surface area contributed by atoms with E-state index in [0.29, 0.717) is 22.1 Å². The first kappa shape index (κ1) is 19.8. The SMILES string of the molecule is COc1ccc(C(=O)N[C@H](C)c2ccccc2)cc1COc1ccc(Cl)cc1. The first-order chi connectivity index (χ1) is 13.6. The Labute approximate surface area is 170 Å². The lowest BCUT2D eigenvalue weighted by atomic mass is 10.1. The molecule has 0 radical (unpaired) electrons. The summed E-state index contributed by atoms with van der Waals surface area (Å²) in [5.74, 6) is 1.22. The van der Waals surface area contributed by atoms with Crippen LogP contribution in [0.4, 0.5) is 0 Å². The molecular formula is C23H22ClNO3. The summed E-state index contributed by atoms with van der Waals surface area (Å²) < 4.78 is 11.2. The number of carbonyl (C=O) groups is 1. The number of ether oxygens (including phenoxy) is 2. The van der Waals surface area contributed by atoms with Crippen LogP contribution in [0.2, 0.25) is 5.02 Å². The molecule has 3 rings (SSSR count). The molecule has 0 aliphatic carbocycles. The molecule has 1 atom stereocenters. The highest BCUT2D eigenvalue weighted by Gasteiger charge is 2.14. The van der Waals surface area contributed by atoms with Crippen LogP contribution in [-0.4, -0.2) is 13.0 Å². The number of hydrogen-bond acceptors (Lipinski definition) is 3. The van der Waals surface area contributed by atoms with Crippen LogP contribution in [0.1, 0.15) is 34.5 Å². The molecule has 0 saturated heterocycles. The molecule has 28 heavy (non-hydrogen) atoms. The lowest BCUT2D eigenvalue weighted by Gasteiger charge is -2.16. The van der Waals surface area contributed by atoms with Gasteiger partial charge in [0.25, 0.3) is 5.91 Å². The van der Waals surface area contributed by atoms with Gasteiger partial charge < -0.3 is 14.8 Å². The first-order valence-electron chi connectivity index (χ1n) is 8.98. The summed E-state index contributed by atoms with van der Waals surface area (Å²) in [6.45, 7) is 2.24. The van der Waals surface area contributed by atoms with Gasteiger partial charge in [0, 0.05) is 16.1 Å². The smallest absolute Gasteiger partial charge is 0.251 e. The van der Waals surface area contributed by atoms with Crippen LogP contribution in [0.5, 0.6) is 11.5 Å². The van der Waals surface area contributed by atoms with E-state index in [4.69, 9.17) is 21.1 Å². The highest BCUT2D eigenvalue weighted by molar-refractivity contribution is 6.30. The standard InChI is InChI=1S/C23H22ClNO3/c1-16(17-6-4-3-5-7-17)25-23(26)18-8-13-22(27-2)19(14-18)15-28-21-11-9-20(24)10-12-21/h3-14,16H,15H2,1-2H3,(H,25,26)/t16-/m1/s1. The van der Waals surface area contributed by atoms with E-state index in [1.807, 2.05) is 37.3 Å². The second kappa shape index (κ2) is 9.29. The quantitative estimate of drug-likeness (QED) is 0.581. The third kappa shape index (κ3) is 5.05. The molecule has 1 N–H and O–H groups in total. The number of nitrogens with one attached hydrogen (secondary N) is 1. The molecule has 0 aromatic heterocycles. The van der Waals surface area contributed by atoms with Gasteiger partial charge in [-0.3, -0.25) is 4.79 Å². The number of halogens is 1. The van der Waals surface area contributed by atoms with Crippen molar-refractivity contribution in [2.24, 2.45) is 0 Å². The normalized spacial score (nSPS) is 11.5. The van der Waals surface area contributed by atoms with Gasteiger partial charge >= 0.3 is 0 Å². The summed E-state index contributed by atoms with van der Waals surface area (Å²) in [6, 6.07) is 22.2. The number of rotatable bonds is 7. The van der Waals surface area contributed by atoms with E-state index in [1.54, 1.807) is 49.6 Å². The molecule has 3 aromatic rings. The van der Waals surface area contributed by atoms with Crippen LogP contribution in [0.3, 0.4) is 0 Å². The van der Waals surface area contributed by atoms with Crippen LogP contribution in [-0.2, 0) is 6.61 Å². The van der Waals surface area contributed by atoms with Crippen LogP contribution >= 0.6 is 11.6 Å². The van der Waals surface area contributed by atoms with E-state index < -0.39 is 0 Å². The Morgan fingerprint density at radius 1 is 1.04 bits per heavy atom. The molecule has 0 aliphatic heterocycles. The van der Waals surface area contributed by atoms with Crippen molar-refractivity contribution in [2.75, 3.05) is 7.11 Å². The van der Waals surface area contributed by atoms with Crippen LogP contribution in [0.15, 0.2) is 72.8 Å². The van der Waals surface area contributed by atoms with Gasteiger partial charge in [-0.25, -0.2) is 0 Å². The highest BCUT2D eigenvalue weighted by Crippen LogP contribution is 2.23. The number of methoxy groups -OCH3 is 1. The van der Waals surface area contributed by atoms with Crippen molar-refractivity contribution in [3.05, 3.63) is 94.5 Å². The minimum atomic E-state index is -0.147. The fourth-order valence-corrected chi connectivity index (χ4v) is 2.96. The predicted octanol–water partition coefficient (Wildman–Crippen LogP) is 5.42. The average Bonchev–Trinajstić information content (AvgIpc) is 2.73. The Hall–Kier alpha value is -2.98. The zero-order valence-corrected chi connectivity index (χ0v) is 16.6. The van der Waals surface area contributed by atoms with Crippen LogP contribution in [0.25, 0.3) is 0 Å². The molecule has 5 heteroatoms. The Morgan fingerprint density at radius 2 is 1.75 bits per heavy atom. The number of amides is 1. The van der Waals surface area contributed by atoms with Gasteiger partial charge in [0.15, 0.2) is 0 Å². The van der Waals surface area contributed by atoms with Crippen molar-refractivity contribution in [1.29, 1.82) is 0 Å². The molecule has 0 aliphatic rings. The molecular weight excluding hydrogens is 374 g/mol. The summed E-state index contributed by atoms with van der Waals surface area (Å²) in [6.07, 6.45) is 0. The molecule has 0 heterocycles. The Balaban J connectivity index is 1.72. The van der Waals surface area contributed by atoms with E-state index >= 15 is 0 Å². The van der Waals surface area contributed by atoms with Crippen molar-refractivity contribution in [2.45, 2.75) is 19.6 Å². The van der Waals surface area contributed by atoms with Gasteiger partial charge in [-0.05, 0) is 55.0 Å². The summed E-state index contributed by atoms with van der Waals surface area (Å²) in [7, 11) is 1.60. The second-order valence-electron chi connectivity index (χ2n) is 6.38. The molecule has 0 spiro atoms. The largest absolute Gasteiger partial charge is 0.496 e. The number of benzene rings is 3. The van der Waals surface area contributed by atoms with Gasteiger partial charge in [0.05, 0.1) is 13.2 Å².